The Labute approximate surface area is 306 Å². The standard InChI is InChI=1S/C50H44N2/c1-3-5-12-35-20-24-37(25-21-35)39-14-11-15-40(34-39)38-26-30-42(31-27-38)52-46-19-10-8-17-44(46)50-48(52)33-32-47-49(50)43-16-7-9-18-45(43)51(47)41-28-22-36(23-29-41)13-6-4-2/h7-11,14-34H,3-6,12-13H2,1-2H3. The number of rotatable bonds is 10. The Morgan fingerprint density at radius 2 is 0.788 bits per heavy atom. The third kappa shape index (κ3) is 5.60. The van der Waals surface area contributed by atoms with Gasteiger partial charge in [-0.15, -0.1) is 0 Å². The van der Waals surface area contributed by atoms with Crippen LogP contribution in [0.1, 0.15) is 50.7 Å². The highest BCUT2D eigenvalue weighted by atomic mass is 15.0. The molecule has 2 aromatic heterocycles. The van der Waals surface area contributed by atoms with E-state index in [1.807, 2.05) is 0 Å². The minimum atomic E-state index is 1.13. The molecule has 9 rings (SSSR count). The summed E-state index contributed by atoms with van der Waals surface area (Å²) in [6.07, 6.45) is 7.18. The van der Waals surface area contributed by atoms with Crippen LogP contribution in [0.25, 0.3) is 77.2 Å². The smallest absolute Gasteiger partial charge is 0.0548 e. The number of fused-ring (bicyclic) bond motifs is 7. The molecule has 0 aliphatic heterocycles. The fourth-order valence-corrected chi connectivity index (χ4v) is 8.19. The zero-order valence-corrected chi connectivity index (χ0v) is 30.1. The lowest BCUT2D eigenvalue weighted by Gasteiger charge is -2.11. The predicted molar refractivity (Wildman–Crippen MR) is 223 cm³/mol. The Kier molecular flexibility index (Phi) is 8.45. The van der Waals surface area contributed by atoms with Crippen molar-refractivity contribution in [2.24, 2.45) is 0 Å². The summed E-state index contributed by atoms with van der Waals surface area (Å²) >= 11 is 0. The summed E-state index contributed by atoms with van der Waals surface area (Å²) in [5.41, 5.74) is 15.1. The third-order valence-corrected chi connectivity index (χ3v) is 10.9. The van der Waals surface area contributed by atoms with E-state index in [0.29, 0.717) is 0 Å². The number of nitrogens with zero attached hydrogens (tertiary/aromatic N) is 2. The molecular weight excluding hydrogens is 629 g/mol. The second-order valence-electron chi connectivity index (χ2n) is 14.3. The number of aromatic nitrogens is 2. The minimum absolute atomic E-state index is 1.13. The van der Waals surface area contributed by atoms with E-state index in [1.54, 1.807) is 0 Å². The highest BCUT2D eigenvalue weighted by Gasteiger charge is 2.20. The van der Waals surface area contributed by atoms with Crippen LogP contribution in [0.15, 0.2) is 158 Å². The van der Waals surface area contributed by atoms with Crippen LogP contribution in [-0.4, -0.2) is 9.13 Å². The van der Waals surface area contributed by atoms with E-state index in [1.165, 1.54) is 114 Å². The SMILES string of the molecule is CCCCc1ccc(-c2cccc(-c3ccc(-n4c5ccccc5c5c6c7ccccc7n(-c7ccc(CCCC)cc7)c6ccc54)cc3)c2)cc1. The highest BCUT2D eigenvalue weighted by Crippen LogP contribution is 2.42. The van der Waals surface area contributed by atoms with Gasteiger partial charge in [0.1, 0.15) is 0 Å². The van der Waals surface area contributed by atoms with Crippen LogP contribution in [0.3, 0.4) is 0 Å². The molecule has 2 heterocycles. The molecule has 0 aliphatic carbocycles. The summed E-state index contributed by atoms with van der Waals surface area (Å²) in [7, 11) is 0. The van der Waals surface area contributed by atoms with E-state index in [-0.39, 0.29) is 0 Å². The number of aryl methyl sites for hydroxylation is 2. The fraction of sp³-hybridized carbons (Fsp3) is 0.160. The Morgan fingerprint density at radius 3 is 1.27 bits per heavy atom. The van der Waals surface area contributed by atoms with E-state index in [9.17, 15) is 0 Å². The van der Waals surface area contributed by atoms with Gasteiger partial charge >= 0.3 is 0 Å². The lowest BCUT2D eigenvalue weighted by atomic mass is 9.97. The van der Waals surface area contributed by atoms with Gasteiger partial charge in [-0.1, -0.05) is 130 Å². The average Bonchev–Trinajstić information content (AvgIpc) is 3.73. The zero-order chi connectivity index (χ0) is 35.0. The third-order valence-electron chi connectivity index (χ3n) is 10.9. The number of hydrogen-bond donors (Lipinski definition) is 0. The monoisotopic (exact) mass is 672 g/mol. The van der Waals surface area contributed by atoms with Gasteiger partial charge in [-0.05, 0) is 114 Å². The normalized spacial score (nSPS) is 11.7. The molecule has 0 aliphatic rings. The first kappa shape index (κ1) is 32.1. The van der Waals surface area contributed by atoms with Crippen molar-refractivity contribution in [3.63, 3.8) is 0 Å². The number of unbranched alkanes of at least 4 members (excludes halogenated alkanes) is 2. The number of para-hydroxylation sites is 2. The van der Waals surface area contributed by atoms with E-state index in [0.717, 1.165) is 12.8 Å². The number of hydrogen-bond acceptors (Lipinski definition) is 0. The number of benzene rings is 7. The lowest BCUT2D eigenvalue weighted by molar-refractivity contribution is 0.795. The molecule has 0 atom stereocenters. The molecule has 0 radical (unpaired) electrons. The maximum atomic E-state index is 2.45. The van der Waals surface area contributed by atoms with Crippen molar-refractivity contribution in [2.75, 3.05) is 0 Å². The van der Waals surface area contributed by atoms with Crippen molar-refractivity contribution in [3.05, 3.63) is 169 Å². The zero-order valence-electron chi connectivity index (χ0n) is 30.1. The summed E-state index contributed by atoms with van der Waals surface area (Å²) in [5.74, 6) is 0. The summed E-state index contributed by atoms with van der Waals surface area (Å²) in [6.45, 7) is 4.51. The van der Waals surface area contributed by atoms with Crippen LogP contribution in [-0.2, 0) is 12.8 Å². The molecule has 2 nitrogen and oxygen atoms in total. The van der Waals surface area contributed by atoms with Crippen LogP contribution >= 0.6 is 0 Å². The van der Waals surface area contributed by atoms with Crippen LogP contribution in [0.2, 0.25) is 0 Å². The summed E-state index contributed by atoms with van der Waals surface area (Å²) in [4.78, 5) is 0. The van der Waals surface area contributed by atoms with Crippen LogP contribution in [0.4, 0.5) is 0 Å². The van der Waals surface area contributed by atoms with Gasteiger partial charge < -0.3 is 9.13 Å². The molecular formula is C50H44N2. The first-order valence-electron chi connectivity index (χ1n) is 19.1. The molecule has 0 bridgehead atoms. The molecule has 254 valence electrons. The molecule has 0 saturated heterocycles. The van der Waals surface area contributed by atoms with E-state index >= 15 is 0 Å². The maximum absolute atomic E-state index is 2.45. The predicted octanol–water partition coefficient (Wildman–Crippen LogP) is 13.9. The topological polar surface area (TPSA) is 9.86 Å². The van der Waals surface area contributed by atoms with Gasteiger partial charge in [0.15, 0.2) is 0 Å². The van der Waals surface area contributed by atoms with Crippen LogP contribution in [0, 0.1) is 0 Å². The van der Waals surface area contributed by atoms with Crippen molar-refractivity contribution >= 4 is 43.6 Å². The first-order valence-corrected chi connectivity index (χ1v) is 19.1. The Bertz CT molecular complexity index is 2670. The molecule has 0 N–H and O–H groups in total. The van der Waals surface area contributed by atoms with Crippen LogP contribution in [0.5, 0.6) is 0 Å². The molecule has 0 saturated carbocycles. The molecule has 0 amide bonds. The quantitative estimate of drug-likeness (QED) is 0.137. The van der Waals surface area contributed by atoms with E-state index in [4.69, 9.17) is 0 Å². The van der Waals surface area contributed by atoms with Gasteiger partial charge in [0.2, 0.25) is 0 Å². The Morgan fingerprint density at radius 1 is 0.365 bits per heavy atom. The first-order chi connectivity index (χ1) is 25.7. The van der Waals surface area contributed by atoms with Crippen molar-refractivity contribution < 1.29 is 0 Å². The molecule has 2 heteroatoms. The van der Waals surface area contributed by atoms with Crippen molar-refractivity contribution in [2.45, 2.75) is 52.4 Å². The van der Waals surface area contributed by atoms with E-state index in [2.05, 4.69) is 181 Å². The van der Waals surface area contributed by atoms with Gasteiger partial charge in [-0.2, -0.15) is 0 Å². The van der Waals surface area contributed by atoms with Gasteiger partial charge in [-0.25, -0.2) is 0 Å². The van der Waals surface area contributed by atoms with Crippen molar-refractivity contribution in [1.82, 2.24) is 9.13 Å². The Balaban J connectivity index is 1.14. The van der Waals surface area contributed by atoms with Crippen molar-refractivity contribution in [1.29, 1.82) is 0 Å². The minimum Gasteiger partial charge on any atom is -0.309 e. The molecule has 0 spiro atoms. The van der Waals surface area contributed by atoms with E-state index < -0.39 is 0 Å². The second kappa shape index (κ2) is 13.7. The summed E-state index contributed by atoms with van der Waals surface area (Å²) in [6, 6.07) is 58.8. The summed E-state index contributed by atoms with van der Waals surface area (Å²) in [5, 5.41) is 5.18. The summed E-state index contributed by atoms with van der Waals surface area (Å²) < 4.78 is 4.89. The highest BCUT2D eigenvalue weighted by molar-refractivity contribution is 6.28. The van der Waals surface area contributed by atoms with Gasteiger partial charge in [0.25, 0.3) is 0 Å². The van der Waals surface area contributed by atoms with Crippen molar-refractivity contribution in [3.8, 4) is 33.6 Å². The van der Waals surface area contributed by atoms with Crippen LogP contribution < -0.4 is 0 Å². The van der Waals surface area contributed by atoms with Gasteiger partial charge in [0, 0.05) is 32.9 Å². The average molecular weight is 673 g/mol. The Hall–Kier alpha value is -5.86. The molecule has 0 fully saturated rings. The molecule has 52 heavy (non-hydrogen) atoms. The largest absolute Gasteiger partial charge is 0.309 e. The van der Waals surface area contributed by atoms with Gasteiger partial charge in [-0.3, -0.25) is 0 Å². The fourth-order valence-electron chi connectivity index (χ4n) is 8.19. The lowest BCUT2D eigenvalue weighted by Crippen LogP contribution is -1.95. The molecule has 7 aromatic carbocycles. The second-order valence-corrected chi connectivity index (χ2v) is 14.3. The van der Waals surface area contributed by atoms with Gasteiger partial charge in [0.05, 0.1) is 22.1 Å². The molecule has 9 aromatic rings. The maximum Gasteiger partial charge on any atom is 0.0548 e. The molecule has 0 unspecified atom stereocenters.